The highest BCUT2D eigenvalue weighted by molar-refractivity contribution is 7.13. The maximum Gasteiger partial charge on any atom is 0.345 e. The highest BCUT2D eigenvalue weighted by atomic mass is 32.1. The van der Waals surface area contributed by atoms with E-state index in [4.69, 9.17) is 9.57 Å². The van der Waals surface area contributed by atoms with Crippen LogP contribution in [-0.4, -0.2) is 35.6 Å². The number of benzene rings is 1. The first-order valence-corrected chi connectivity index (χ1v) is 9.06. The largest absolute Gasteiger partial charge is 0.467 e. The number of urea groups is 1. The fraction of sp³-hybridized carbons (Fsp3) is 0.263. The predicted molar refractivity (Wildman–Crippen MR) is 97.1 cm³/mol. The molecular weight excluding hydrogens is 352 g/mol. The minimum atomic E-state index is -0.734. The number of hydroxylamine groups is 2. The SMILES string of the molecule is C=Cc1cc2c(s1)C(C(=O)OC)N1CC2N(OCc2ccccc2)C1=O. The van der Waals surface area contributed by atoms with Crippen molar-refractivity contribution in [3.05, 3.63) is 63.9 Å². The Morgan fingerprint density at radius 3 is 2.85 bits per heavy atom. The van der Waals surface area contributed by atoms with E-state index < -0.39 is 12.0 Å². The fourth-order valence-corrected chi connectivity index (χ4v) is 4.58. The topological polar surface area (TPSA) is 59.1 Å². The smallest absolute Gasteiger partial charge is 0.345 e. The van der Waals surface area contributed by atoms with E-state index >= 15 is 0 Å². The fourth-order valence-electron chi connectivity index (χ4n) is 3.40. The number of hydrogen-bond donors (Lipinski definition) is 0. The monoisotopic (exact) mass is 370 g/mol. The number of ether oxygens (including phenoxy) is 1. The van der Waals surface area contributed by atoms with Gasteiger partial charge in [0.05, 0.1) is 13.7 Å². The summed E-state index contributed by atoms with van der Waals surface area (Å²) in [6.45, 7) is 4.49. The van der Waals surface area contributed by atoms with E-state index in [1.165, 1.54) is 28.4 Å². The lowest BCUT2D eigenvalue weighted by Crippen LogP contribution is -2.38. The van der Waals surface area contributed by atoms with Gasteiger partial charge < -0.3 is 9.64 Å². The van der Waals surface area contributed by atoms with Gasteiger partial charge in [0.25, 0.3) is 0 Å². The molecule has 0 aliphatic carbocycles. The molecular formula is C19H18N2O4S. The molecule has 0 saturated carbocycles. The van der Waals surface area contributed by atoms with Gasteiger partial charge in [-0.3, -0.25) is 4.84 Å². The van der Waals surface area contributed by atoms with Crippen LogP contribution in [0.5, 0.6) is 0 Å². The van der Waals surface area contributed by atoms with Gasteiger partial charge in [-0.05, 0) is 17.2 Å². The first-order valence-electron chi connectivity index (χ1n) is 8.24. The summed E-state index contributed by atoms with van der Waals surface area (Å²) in [7, 11) is 1.33. The number of methoxy groups -OCH3 is 1. The molecule has 0 N–H and O–H groups in total. The molecule has 2 amide bonds. The van der Waals surface area contributed by atoms with Crippen LogP contribution in [0, 0.1) is 0 Å². The van der Waals surface area contributed by atoms with Gasteiger partial charge in [-0.2, -0.15) is 5.06 Å². The summed E-state index contributed by atoms with van der Waals surface area (Å²) in [5.41, 5.74) is 1.90. The maximum atomic E-state index is 12.9. The second-order valence-corrected chi connectivity index (χ2v) is 7.25. The average molecular weight is 370 g/mol. The molecule has 1 saturated heterocycles. The lowest BCUT2D eigenvalue weighted by atomic mass is 9.99. The van der Waals surface area contributed by atoms with Gasteiger partial charge in [0.2, 0.25) is 0 Å². The molecule has 2 bridgehead atoms. The van der Waals surface area contributed by atoms with Crippen LogP contribution in [0.15, 0.2) is 43.0 Å². The number of carbonyl (C=O) groups is 2. The molecule has 2 unspecified atom stereocenters. The summed E-state index contributed by atoms with van der Waals surface area (Å²) in [4.78, 5) is 34.4. The normalized spacial score (nSPS) is 20.9. The van der Waals surface area contributed by atoms with Crippen LogP contribution in [0.3, 0.4) is 0 Å². The minimum Gasteiger partial charge on any atom is -0.467 e. The van der Waals surface area contributed by atoms with E-state index in [1.54, 1.807) is 6.08 Å². The zero-order valence-corrected chi connectivity index (χ0v) is 15.1. The van der Waals surface area contributed by atoms with Gasteiger partial charge in [0.1, 0.15) is 12.6 Å². The maximum absolute atomic E-state index is 12.9. The van der Waals surface area contributed by atoms with Crippen molar-refractivity contribution < 1.29 is 19.2 Å². The van der Waals surface area contributed by atoms with Crippen molar-refractivity contribution in [2.75, 3.05) is 13.7 Å². The van der Waals surface area contributed by atoms with Gasteiger partial charge in [0, 0.05) is 9.75 Å². The Morgan fingerprint density at radius 2 is 2.15 bits per heavy atom. The molecule has 26 heavy (non-hydrogen) atoms. The second kappa shape index (κ2) is 6.59. The number of nitrogens with zero attached hydrogens (tertiary/aromatic N) is 2. The highest BCUT2D eigenvalue weighted by Crippen LogP contribution is 2.48. The van der Waals surface area contributed by atoms with Gasteiger partial charge in [-0.1, -0.05) is 43.0 Å². The summed E-state index contributed by atoms with van der Waals surface area (Å²) >= 11 is 1.46. The van der Waals surface area contributed by atoms with E-state index in [-0.39, 0.29) is 18.7 Å². The summed E-state index contributed by atoms with van der Waals surface area (Å²) in [6.07, 6.45) is 1.75. The Hall–Kier alpha value is -2.64. The van der Waals surface area contributed by atoms with Crippen LogP contribution in [0.4, 0.5) is 4.79 Å². The molecule has 134 valence electrons. The van der Waals surface area contributed by atoms with Gasteiger partial charge in [-0.25, -0.2) is 9.59 Å². The molecule has 2 aliphatic heterocycles. The predicted octanol–water partition coefficient (Wildman–Crippen LogP) is 3.53. The van der Waals surface area contributed by atoms with Crippen molar-refractivity contribution in [2.45, 2.75) is 18.7 Å². The second-order valence-electron chi connectivity index (χ2n) is 6.13. The standard InChI is InChI=1S/C19H18N2O4S/c1-3-13-9-14-15-10-20(16(17(14)26-13)18(22)24-2)19(23)21(15)25-11-12-7-5-4-6-8-12/h3-9,15-16H,1,10-11H2,2H3. The quantitative estimate of drug-likeness (QED) is 0.756. The van der Waals surface area contributed by atoms with E-state index in [1.807, 2.05) is 36.4 Å². The van der Waals surface area contributed by atoms with Crippen molar-refractivity contribution in [2.24, 2.45) is 0 Å². The van der Waals surface area contributed by atoms with Crippen LogP contribution >= 0.6 is 11.3 Å². The first kappa shape index (κ1) is 16.8. The van der Waals surface area contributed by atoms with E-state index in [0.29, 0.717) is 6.54 Å². The minimum absolute atomic E-state index is 0.243. The van der Waals surface area contributed by atoms with Crippen LogP contribution in [0.1, 0.15) is 33.0 Å². The average Bonchev–Trinajstić information content (AvgIpc) is 3.22. The third kappa shape index (κ3) is 2.60. The Labute approximate surface area is 155 Å². The lowest BCUT2D eigenvalue weighted by Gasteiger charge is -2.28. The molecule has 0 spiro atoms. The molecule has 2 atom stereocenters. The van der Waals surface area contributed by atoms with Crippen molar-refractivity contribution in [1.82, 2.24) is 9.96 Å². The van der Waals surface area contributed by atoms with Crippen LogP contribution in [0.25, 0.3) is 6.08 Å². The van der Waals surface area contributed by atoms with E-state index in [9.17, 15) is 9.59 Å². The van der Waals surface area contributed by atoms with Crippen LogP contribution in [0.2, 0.25) is 0 Å². The first-order chi connectivity index (χ1) is 12.6. The van der Waals surface area contributed by atoms with Crippen LogP contribution in [-0.2, 0) is 21.0 Å². The molecule has 7 heteroatoms. The van der Waals surface area contributed by atoms with Crippen LogP contribution < -0.4 is 0 Å². The Morgan fingerprint density at radius 1 is 1.38 bits per heavy atom. The van der Waals surface area contributed by atoms with Gasteiger partial charge in [0.15, 0.2) is 6.04 Å². The number of hydrogen-bond acceptors (Lipinski definition) is 5. The van der Waals surface area contributed by atoms with Gasteiger partial charge in [-0.15, -0.1) is 11.3 Å². The molecule has 0 radical (unpaired) electrons. The van der Waals surface area contributed by atoms with Crippen molar-refractivity contribution >= 4 is 29.4 Å². The Kier molecular flexibility index (Phi) is 4.26. The zero-order chi connectivity index (χ0) is 18.3. The Balaban J connectivity index is 1.67. The third-order valence-electron chi connectivity index (χ3n) is 4.65. The number of fused-ring (bicyclic) bond motifs is 4. The number of rotatable bonds is 5. The number of thiophene rings is 1. The molecule has 2 aliphatic rings. The molecule has 1 aromatic carbocycles. The summed E-state index contributed by atoms with van der Waals surface area (Å²) in [5, 5.41) is 1.38. The van der Waals surface area contributed by atoms with Crippen molar-refractivity contribution in [1.29, 1.82) is 0 Å². The molecule has 1 fully saturated rings. The summed E-state index contributed by atoms with van der Waals surface area (Å²) in [6, 6.07) is 10.3. The zero-order valence-electron chi connectivity index (χ0n) is 14.3. The molecule has 6 nitrogen and oxygen atoms in total. The third-order valence-corrected chi connectivity index (χ3v) is 5.85. The number of esters is 1. The number of carbonyl (C=O) groups excluding carboxylic acids is 2. The number of amides is 2. The summed E-state index contributed by atoms with van der Waals surface area (Å²) < 4.78 is 4.94. The van der Waals surface area contributed by atoms with Crippen molar-refractivity contribution in [3.8, 4) is 0 Å². The lowest BCUT2D eigenvalue weighted by molar-refractivity contribution is -0.146. The molecule has 1 aromatic heterocycles. The summed E-state index contributed by atoms with van der Waals surface area (Å²) in [5.74, 6) is -0.444. The highest BCUT2D eigenvalue weighted by Gasteiger charge is 2.52. The van der Waals surface area contributed by atoms with E-state index in [2.05, 4.69) is 6.58 Å². The van der Waals surface area contributed by atoms with Crippen molar-refractivity contribution in [3.63, 3.8) is 0 Å². The van der Waals surface area contributed by atoms with Gasteiger partial charge >= 0.3 is 12.0 Å². The Bertz CT molecular complexity index is 864. The molecule has 2 aromatic rings. The molecule has 3 heterocycles. The van der Waals surface area contributed by atoms with E-state index in [0.717, 1.165) is 20.9 Å². The molecule has 4 rings (SSSR count).